The van der Waals surface area contributed by atoms with Gasteiger partial charge < -0.3 is 18.6 Å². The Morgan fingerprint density at radius 1 is 0.900 bits per heavy atom. The number of carbonyl (C=O) groups excluding carboxylic acids is 2. The van der Waals surface area contributed by atoms with Crippen LogP contribution in [0.5, 0.6) is 5.75 Å². The van der Waals surface area contributed by atoms with Gasteiger partial charge in [-0.2, -0.15) is 0 Å². The molecule has 0 atom stereocenters. The number of benzene rings is 3. The minimum atomic E-state index is -0.864. The third-order valence-corrected chi connectivity index (χ3v) is 6.88. The highest BCUT2D eigenvalue weighted by molar-refractivity contribution is 5.96. The Bertz CT molecular complexity index is 1450. The van der Waals surface area contributed by atoms with E-state index in [4.69, 9.17) is 23.6 Å². The quantitative estimate of drug-likeness (QED) is 0.103. The van der Waals surface area contributed by atoms with Crippen LogP contribution in [0, 0.1) is 5.92 Å². The van der Waals surface area contributed by atoms with Crippen molar-refractivity contribution in [1.82, 2.24) is 4.98 Å². The first-order valence-electron chi connectivity index (χ1n) is 14.1. The first-order chi connectivity index (χ1) is 19.2. The molecule has 1 heterocycles. The van der Waals surface area contributed by atoms with Crippen LogP contribution in [-0.2, 0) is 24.5 Å². The first-order valence-corrected chi connectivity index (χ1v) is 14.1. The second-order valence-corrected chi connectivity index (χ2v) is 10.9. The van der Waals surface area contributed by atoms with Crippen LogP contribution in [0.2, 0.25) is 0 Å². The van der Waals surface area contributed by atoms with Gasteiger partial charge in [-0.3, -0.25) is 9.59 Å². The van der Waals surface area contributed by atoms with Gasteiger partial charge in [-0.1, -0.05) is 51.8 Å². The van der Waals surface area contributed by atoms with E-state index >= 15 is 0 Å². The van der Waals surface area contributed by atoms with Gasteiger partial charge in [-0.15, -0.1) is 0 Å². The Labute approximate surface area is 235 Å². The molecule has 7 nitrogen and oxygen atoms in total. The number of rotatable bonds is 12. The van der Waals surface area contributed by atoms with Gasteiger partial charge in [0.05, 0.1) is 19.8 Å². The van der Waals surface area contributed by atoms with E-state index in [0.717, 1.165) is 46.0 Å². The number of esters is 2. The Balaban J connectivity index is 1.36. The number of carbonyl (C=O) groups is 2. The molecule has 0 radical (unpaired) electrons. The van der Waals surface area contributed by atoms with Crippen molar-refractivity contribution in [3.63, 3.8) is 0 Å². The molecule has 0 N–H and O–H groups in total. The zero-order chi connectivity index (χ0) is 28.7. The van der Waals surface area contributed by atoms with Gasteiger partial charge in [0.1, 0.15) is 11.3 Å². The summed E-state index contributed by atoms with van der Waals surface area (Å²) in [5, 5.41) is 2.08. The second kappa shape index (κ2) is 13.0. The van der Waals surface area contributed by atoms with Crippen LogP contribution in [0.1, 0.15) is 65.9 Å². The number of oxazole rings is 1. The minimum absolute atomic E-state index is 0.0385. The molecule has 0 amide bonds. The molecule has 212 valence electrons. The van der Waals surface area contributed by atoms with Crippen LogP contribution in [-0.4, -0.2) is 36.7 Å². The van der Waals surface area contributed by atoms with Gasteiger partial charge in [0.2, 0.25) is 5.89 Å². The summed E-state index contributed by atoms with van der Waals surface area (Å²) in [6.07, 6.45) is 2.73. The number of hydrogen-bond acceptors (Lipinski definition) is 7. The van der Waals surface area contributed by atoms with E-state index in [0.29, 0.717) is 25.3 Å². The summed E-state index contributed by atoms with van der Waals surface area (Å²) in [7, 11) is 0. The van der Waals surface area contributed by atoms with Crippen molar-refractivity contribution in [3.8, 4) is 17.2 Å². The summed E-state index contributed by atoms with van der Waals surface area (Å²) < 4.78 is 22.2. The summed E-state index contributed by atoms with van der Waals surface area (Å²) in [5.74, 6) is -0.505. The van der Waals surface area contributed by atoms with E-state index in [1.807, 2.05) is 36.4 Å². The molecule has 0 saturated carbocycles. The number of fused-ring (bicyclic) bond motifs is 2. The number of aromatic nitrogens is 1. The standard InChI is InChI=1S/C33H39NO6/c1-6-37-31(35)27(32(36)38-7-2)13-9-8-10-19-39-24-16-17-25-22(20-24)12-11-14-26(25)30-34-28-21-23(33(3,4)5)15-18-29(28)40-30/h11-12,14-18,20-21,27H,6-10,13,19H2,1-5H3. The fraction of sp³-hybridized carbons (Fsp3) is 0.424. The highest BCUT2D eigenvalue weighted by atomic mass is 16.6. The topological polar surface area (TPSA) is 87.9 Å². The maximum absolute atomic E-state index is 12.1. The zero-order valence-corrected chi connectivity index (χ0v) is 24.1. The van der Waals surface area contributed by atoms with Crippen molar-refractivity contribution in [2.45, 2.75) is 65.7 Å². The molecular weight excluding hydrogens is 506 g/mol. The molecule has 0 unspecified atom stereocenters. The lowest BCUT2D eigenvalue weighted by Crippen LogP contribution is -2.28. The highest BCUT2D eigenvalue weighted by Gasteiger charge is 2.28. The molecule has 4 aromatic rings. The predicted octanol–water partition coefficient (Wildman–Crippen LogP) is 7.63. The normalized spacial score (nSPS) is 11.8. The lowest BCUT2D eigenvalue weighted by molar-refractivity contribution is -0.161. The van der Waals surface area contributed by atoms with Crippen LogP contribution in [0.15, 0.2) is 59.0 Å². The smallest absolute Gasteiger partial charge is 0.320 e. The van der Waals surface area contributed by atoms with Crippen molar-refractivity contribution < 1.29 is 28.2 Å². The Kier molecular flexibility index (Phi) is 9.46. The third kappa shape index (κ3) is 7.00. The van der Waals surface area contributed by atoms with Crippen LogP contribution in [0.4, 0.5) is 0 Å². The van der Waals surface area contributed by atoms with Crippen LogP contribution in [0.3, 0.4) is 0 Å². The second-order valence-electron chi connectivity index (χ2n) is 10.9. The molecule has 4 rings (SSSR count). The molecule has 0 aliphatic carbocycles. The van der Waals surface area contributed by atoms with Gasteiger partial charge in [0.25, 0.3) is 0 Å². The minimum Gasteiger partial charge on any atom is -0.494 e. The van der Waals surface area contributed by atoms with E-state index in [1.54, 1.807) is 13.8 Å². The maximum atomic E-state index is 12.1. The molecule has 3 aromatic carbocycles. The number of unbranched alkanes of at least 4 members (excludes halogenated alkanes) is 2. The molecule has 0 aliphatic rings. The van der Waals surface area contributed by atoms with E-state index in [2.05, 4.69) is 39.0 Å². The van der Waals surface area contributed by atoms with Crippen LogP contribution < -0.4 is 4.74 Å². The predicted molar refractivity (Wildman–Crippen MR) is 156 cm³/mol. The SMILES string of the molecule is CCOC(=O)C(CCCCCOc1ccc2c(-c3nc4cc(C(C)(C)C)ccc4o3)cccc2c1)C(=O)OCC. The Morgan fingerprint density at radius 2 is 1.65 bits per heavy atom. The lowest BCUT2D eigenvalue weighted by atomic mass is 9.87. The van der Waals surface area contributed by atoms with Crippen molar-refractivity contribution in [3.05, 3.63) is 60.2 Å². The molecule has 0 bridgehead atoms. The average Bonchev–Trinajstić information content (AvgIpc) is 3.35. The van der Waals surface area contributed by atoms with Crippen molar-refractivity contribution in [2.75, 3.05) is 19.8 Å². The van der Waals surface area contributed by atoms with Gasteiger partial charge >= 0.3 is 11.9 Å². The fourth-order valence-electron chi connectivity index (χ4n) is 4.68. The summed E-state index contributed by atoms with van der Waals surface area (Å²) in [5.41, 5.74) is 3.83. The van der Waals surface area contributed by atoms with Gasteiger partial charge in [0, 0.05) is 5.56 Å². The summed E-state index contributed by atoms with van der Waals surface area (Å²) >= 11 is 0. The van der Waals surface area contributed by atoms with Gasteiger partial charge in [0.15, 0.2) is 11.5 Å². The van der Waals surface area contributed by atoms with E-state index in [9.17, 15) is 9.59 Å². The van der Waals surface area contributed by atoms with E-state index in [-0.39, 0.29) is 18.6 Å². The molecular formula is C33H39NO6. The van der Waals surface area contributed by atoms with E-state index in [1.165, 1.54) is 5.56 Å². The average molecular weight is 546 g/mol. The number of nitrogens with zero attached hydrogens (tertiary/aromatic N) is 1. The molecule has 0 saturated heterocycles. The number of hydrogen-bond donors (Lipinski definition) is 0. The van der Waals surface area contributed by atoms with Gasteiger partial charge in [-0.25, -0.2) is 4.98 Å². The lowest BCUT2D eigenvalue weighted by Gasteiger charge is -2.18. The molecule has 0 spiro atoms. The van der Waals surface area contributed by atoms with Gasteiger partial charge in [-0.05, 0) is 84.8 Å². The molecule has 40 heavy (non-hydrogen) atoms. The Hall–Kier alpha value is -3.87. The van der Waals surface area contributed by atoms with Crippen LogP contribution in [0.25, 0.3) is 33.3 Å². The fourth-order valence-corrected chi connectivity index (χ4v) is 4.68. The monoisotopic (exact) mass is 545 g/mol. The Morgan fingerprint density at radius 3 is 2.35 bits per heavy atom. The van der Waals surface area contributed by atoms with Crippen molar-refractivity contribution >= 4 is 33.8 Å². The maximum Gasteiger partial charge on any atom is 0.320 e. The van der Waals surface area contributed by atoms with Crippen LogP contribution >= 0.6 is 0 Å². The van der Waals surface area contributed by atoms with Crippen molar-refractivity contribution in [1.29, 1.82) is 0 Å². The zero-order valence-electron chi connectivity index (χ0n) is 24.1. The molecule has 7 heteroatoms. The summed E-state index contributed by atoms with van der Waals surface area (Å²) in [6, 6.07) is 18.3. The number of ether oxygens (including phenoxy) is 3. The third-order valence-electron chi connectivity index (χ3n) is 6.88. The summed E-state index contributed by atoms with van der Waals surface area (Å²) in [6.45, 7) is 11.0. The molecule has 0 fully saturated rings. The molecule has 0 aliphatic heterocycles. The highest BCUT2D eigenvalue weighted by Crippen LogP contribution is 2.34. The first kappa shape index (κ1) is 29.1. The summed E-state index contributed by atoms with van der Waals surface area (Å²) in [4.78, 5) is 29.1. The van der Waals surface area contributed by atoms with Crippen molar-refractivity contribution in [2.24, 2.45) is 5.92 Å². The molecule has 1 aromatic heterocycles. The van der Waals surface area contributed by atoms with E-state index < -0.39 is 17.9 Å². The largest absolute Gasteiger partial charge is 0.494 e.